The maximum atomic E-state index is 7.44. The van der Waals surface area contributed by atoms with E-state index in [1.165, 1.54) is 31.6 Å². The third-order valence-corrected chi connectivity index (χ3v) is 21.0. The summed E-state index contributed by atoms with van der Waals surface area (Å²) >= 11 is 1.90. The predicted octanol–water partition coefficient (Wildman–Crippen LogP) is 20.5. The Labute approximate surface area is 576 Å². The van der Waals surface area contributed by atoms with Gasteiger partial charge in [-0.3, -0.25) is 0 Å². The molecule has 5 nitrogen and oxygen atoms in total. The standard InChI is InChI=1S/C90H60B2N4OS/c1-7-31-61(32-8-1)69-43-19-25-49-77(69)93(65-39-15-5-16-40-65)67-55-83-89-86(57-67)97-85-54-30-24-48-74(85)92(89)75-59-76-87(60-82(75)96(83)80-52-28-22-46-72(80)64-37-13-4-14-38-64)98-88-58-68(94(66-41-17-6-18-42-66)78-50-26-20-44-70(78)62-33-9-2-10-34-62)56-84-90(88)91(76)73-47-23-29-53-81(73)95(84)79-51-27-21-45-71(79)63-35-11-3-12-36-63/h1-60H. The van der Waals surface area contributed by atoms with Gasteiger partial charge in [-0.1, -0.05) is 290 Å². The maximum absolute atomic E-state index is 7.44. The summed E-state index contributed by atoms with van der Waals surface area (Å²) in [4.78, 5) is 12.5. The largest absolute Gasteiger partial charge is 0.458 e. The third-order valence-electron chi connectivity index (χ3n) is 19.9. The molecule has 15 aromatic carbocycles. The maximum Gasteiger partial charge on any atom is 0.256 e. The van der Waals surface area contributed by atoms with E-state index < -0.39 is 0 Å². The van der Waals surface area contributed by atoms with Gasteiger partial charge in [-0.15, -0.1) is 0 Å². The Bertz CT molecular complexity index is 5570. The monoisotopic (exact) mass is 1270 g/mol. The lowest BCUT2D eigenvalue weighted by molar-refractivity contribution is 0.487. The molecule has 4 heterocycles. The first kappa shape index (κ1) is 57.2. The number of para-hydroxylation sites is 8. The van der Waals surface area contributed by atoms with E-state index in [1.54, 1.807) is 0 Å². The van der Waals surface area contributed by atoms with Crippen LogP contribution in [0.4, 0.5) is 68.2 Å². The van der Waals surface area contributed by atoms with Crippen molar-refractivity contribution < 1.29 is 4.74 Å². The lowest BCUT2D eigenvalue weighted by Crippen LogP contribution is -2.63. The van der Waals surface area contributed by atoms with Gasteiger partial charge in [0.1, 0.15) is 11.5 Å². The lowest BCUT2D eigenvalue weighted by Gasteiger charge is -2.44. The average Bonchev–Trinajstić information content (AvgIpc) is 0.694. The van der Waals surface area contributed by atoms with Crippen LogP contribution in [0.25, 0.3) is 44.5 Å². The van der Waals surface area contributed by atoms with Crippen molar-refractivity contribution in [1.82, 2.24) is 0 Å². The number of fused-ring (bicyclic) bond motifs is 8. The first-order chi connectivity index (χ1) is 48.7. The molecule has 0 spiro atoms. The molecule has 0 fully saturated rings. The number of hydrogen-bond donors (Lipinski definition) is 0. The number of nitrogens with zero attached hydrogens (tertiary/aromatic N) is 4. The Morgan fingerprint density at radius 2 is 0.643 bits per heavy atom. The van der Waals surface area contributed by atoms with Crippen LogP contribution in [0.1, 0.15) is 0 Å². The fourth-order valence-electron chi connectivity index (χ4n) is 15.8. The minimum absolute atomic E-state index is 0.152. The van der Waals surface area contributed by atoms with Crippen molar-refractivity contribution in [3.05, 3.63) is 364 Å². The van der Waals surface area contributed by atoms with E-state index in [0.29, 0.717) is 0 Å². The van der Waals surface area contributed by atoms with Crippen LogP contribution in [-0.4, -0.2) is 13.4 Å². The average molecular weight is 1270 g/mol. The van der Waals surface area contributed by atoms with E-state index in [2.05, 4.69) is 384 Å². The van der Waals surface area contributed by atoms with Gasteiger partial charge < -0.3 is 24.3 Å². The van der Waals surface area contributed by atoms with Gasteiger partial charge in [0.25, 0.3) is 6.71 Å². The first-order valence-corrected chi connectivity index (χ1v) is 34.4. The molecule has 0 atom stereocenters. The van der Waals surface area contributed by atoms with Gasteiger partial charge in [-0.05, 0) is 134 Å². The number of benzene rings is 15. The van der Waals surface area contributed by atoms with Crippen LogP contribution in [0.15, 0.2) is 374 Å². The molecule has 0 bridgehead atoms. The van der Waals surface area contributed by atoms with Gasteiger partial charge in [0, 0.05) is 77.9 Å². The number of hydrogen-bond acceptors (Lipinski definition) is 6. The molecule has 0 saturated carbocycles. The molecule has 19 rings (SSSR count). The molecule has 8 heteroatoms. The van der Waals surface area contributed by atoms with Crippen molar-refractivity contribution in [2.45, 2.75) is 9.79 Å². The summed E-state index contributed by atoms with van der Waals surface area (Å²) in [7, 11) is 0. The molecule has 15 aromatic rings. The Morgan fingerprint density at radius 3 is 1.18 bits per heavy atom. The molecule has 0 radical (unpaired) electrons. The van der Waals surface area contributed by atoms with Crippen molar-refractivity contribution in [3.63, 3.8) is 0 Å². The summed E-state index contributed by atoms with van der Waals surface area (Å²) in [5.41, 5.74) is 29.4. The van der Waals surface area contributed by atoms with Crippen molar-refractivity contribution >= 4 is 126 Å². The van der Waals surface area contributed by atoms with Gasteiger partial charge in [0.15, 0.2) is 0 Å². The second-order valence-electron chi connectivity index (χ2n) is 25.4. The summed E-state index contributed by atoms with van der Waals surface area (Å²) in [5, 5.41) is 0. The van der Waals surface area contributed by atoms with Gasteiger partial charge in [0.2, 0.25) is 6.71 Å². The molecule has 0 N–H and O–H groups in total. The normalized spacial score (nSPS) is 12.7. The summed E-state index contributed by atoms with van der Waals surface area (Å²) in [6.07, 6.45) is 0. The molecular weight excluding hydrogens is 1210 g/mol. The number of rotatable bonds is 12. The molecule has 4 aliphatic rings. The van der Waals surface area contributed by atoms with Crippen molar-refractivity contribution in [3.8, 4) is 56.0 Å². The summed E-state index contributed by atoms with van der Waals surface area (Å²) in [5.74, 6) is 1.68. The summed E-state index contributed by atoms with van der Waals surface area (Å²) in [6.45, 7) is -0.354. The third kappa shape index (κ3) is 9.50. The minimum atomic E-state index is -0.202. The molecule has 458 valence electrons. The van der Waals surface area contributed by atoms with Crippen molar-refractivity contribution in [2.24, 2.45) is 0 Å². The Morgan fingerprint density at radius 1 is 0.245 bits per heavy atom. The SMILES string of the molecule is c1ccc(-c2ccccc2N(c2ccccc2)c2cc3c4c(c2)N(c2ccccc2-c2ccccc2)c2cc5c(cc2B4c2ccccc2O3)B2c3ccccc3N(c3ccccc3-c3ccccc3)c3cc(N(c4ccccc4)c4ccccc4-c4ccccc4)cc(c32)S5)cc1. The Kier molecular flexibility index (Phi) is 14.0. The van der Waals surface area contributed by atoms with Gasteiger partial charge in [-0.2, -0.15) is 0 Å². The van der Waals surface area contributed by atoms with Crippen LogP contribution in [0.5, 0.6) is 11.5 Å². The fraction of sp³-hybridized carbons (Fsp3) is 0. The molecular formula is C90H60B2N4OS. The summed E-state index contributed by atoms with van der Waals surface area (Å²) in [6, 6.07) is 133. The van der Waals surface area contributed by atoms with Crippen molar-refractivity contribution in [2.75, 3.05) is 19.6 Å². The van der Waals surface area contributed by atoms with E-state index in [9.17, 15) is 0 Å². The Balaban J connectivity index is 0.890. The highest BCUT2D eigenvalue weighted by Crippen LogP contribution is 2.53. The summed E-state index contributed by atoms with van der Waals surface area (Å²) < 4.78 is 7.44. The van der Waals surface area contributed by atoms with Crippen LogP contribution in [0.2, 0.25) is 0 Å². The molecule has 0 saturated heterocycles. The smallest absolute Gasteiger partial charge is 0.256 e. The Hall–Kier alpha value is -12.2. The zero-order valence-corrected chi connectivity index (χ0v) is 54.2. The van der Waals surface area contributed by atoms with E-state index in [1.807, 2.05) is 11.8 Å². The molecule has 0 aliphatic carbocycles. The van der Waals surface area contributed by atoms with E-state index in [-0.39, 0.29) is 13.4 Å². The van der Waals surface area contributed by atoms with Crippen LogP contribution in [0.3, 0.4) is 0 Å². The molecule has 0 aromatic heterocycles. The first-order valence-electron chi connectivity index (χ1n) is 33.6. The van der Waals surface area contributed by atoms with E-state index in [4.69, 9.17) is 4.74 Å². The highest BCUT2D eigenvalue weighted by Gasteiger charge is 2.47. The molecule has 0 amide bonds. The highest BCUT2D eigenvalue weighted by atomic mass is 32.2. The second-order valence-corrected chi connectivity index (χ2v) is 26.5. The van der Waals surface area contributed by atoms with E-state index >= 15 is 0 Å². The van der Waals surface area contributed by atoms with Crippen LogP contribution in [0, 0.1) is 0 Å². The highest BCUT2D eigenvalue weighted by molar-refractivity contribution is 8.00. The van der Waals surface area contributed by atoms with Crippen LogP contribution < -0.4 is 57.1 Å². The van der Waals surface area contributed by atoms with Gasteiger partial charge in [0.05, 0.1) is 28.4 Å². The molecule has 0 unspecified atom stereocenters. The van der Waals surface area contributed by atoms with Crippen LogP contribution >= 0.6 is 11.8 Å². The van der Waals surface area contributed by atoms with Gasteiger partial charge >= 0.3 is 0 Å². The minimum Gasteiger partial charge on any atom is -0.458 e. The van der Waals surface area contributed by atoms with Crippen LogP contribution in [-0.2, 0) is 0 Å². The zero-order valence-electron chi connectivity index (χ0n) is 53.4. The van der Waals surface area contributed by atoms with Crippen molar-refractivity contribution in [1.29, 1.82) is 0 Å². The van der Waals surface area contributed by atoms with E-state index in [0.717, 1.165) is 135 Å². The lowest BCUT2D eigenvalue weighted by atomic mass is 9.31. The second kappa shape index (κ2) is 23.9. The number of ether oxygens (including phenoxy) is 1. The topological polar surface area (TPSA) is 22.2 Å². The fourth-order valence-corrected chi connectivity index (χ4v) is 17.0. The van der Waals surface area contributed by atoms with Gasteiger partial charge in [-0.25, -0.2) is 0 Å². The molecule has 4 aliphatic heterocycles. The number of anilines is 12. The quantitative estimate of drug-likeness (QED) is 0.113. The molecule has 98 heavy (non-hydrogen) atoms. The zero-order chi connectivity index (χ0) is 64.6. The predicted molar refractivity (Wildman–Crippen MR) is 413 cm³/mol.